The van der Waals surface area contributed by atoms with Crippen LogP contribution >= 0.6 is 12.2 Å². The van der Waals surface area contributed by atoms with Crippen molar-refractivity contribution >= 4 is 34.0 Å². The van der Waals surface area contributed by atoms with Gasteiger partial charge in [-0.15, -0.1) is 0 Å². The summed E-state index contributed by atoms with van der Waals surface area (Å²) in [5, 5.41) is 2.60. The van der Waals surface area contributed by atoms with E-state index in [0.717, 1.165) is 53.0 Å². The van der Waals surface area contributed by atoms with Crippen molar-refractivity contribution in [2.24, 2.45) is 0 Å². The molecule has 1 nitrogen and oxygen atoms in total. The van der Waals surface area contributed by atoms with Crippen LogP contribution in [0.15, 0.2) is 59.0 Å². The van der Waals surface area contributed by atoms with Crippen LogP contribution in [-0.2, 0) is 12.8 Å². The summed E-state index contributed by atoms with van der Waals surface area (Å²) >= 11 is 5.60. The molecule has 4 rings (SSSR count). The molecule has 0 fully saturated rings. The number of benzene rings is 3. The molecule has 3 aromatic carbocycles. The summed E-state index contributed by atoms with van der Waals surface area (Å²) in [7, 11) is 0. The van der Waals surface area contributed by atoms with Crippen LogP contribution in [0.25, 0.3) is 32.9 Å². The lowest BCUT2D eigenvalue weighted by Crippen LogP contribution is -1.94. The van der Waals surface area contributed by atoms with Crippen LogP contribution in [0.3, 0.4) is 0 Å². The molecule has 0 bridgehead atoms. The largest absolute Gasteiger partial charge is 0.441 e. The van der Waals surface area contributed by atoms with E-state index in [0.29, 0.717) is 10.3 Å². The minimum absolute atomic E-state index is 0.261. The van der Waals surface area contributed by atoms with Crippen LogP contribution in [0.2, 0.25) is 0 Å². The Balaban J connectivity index is 1.48. The Kier molecular flexibility index (Phi) is 10.3. The number of unbranched alkanes of at least 4 members (excludes halogenated alkanes) is 9. The van der Waals surface area contributed by atoms with Gasteiger partial charge >= 0.3 is 0 Å². The highest BCUT2D eigenvalue weighted by Gasteiger charge is 2.14. The predicted octanol–water partition coefficient (Wildman–Crippen LogP) is 11.5. The van der Waals surface area contributed by atoms with Gasteiger partial charge in [0, 0.05) is 10.8 Å². The van der Waals surface area contributed by atoms with Gasteiger partial charge in [0.1, 0.15) is 0 Å². The average molecular weight is 517 g/mol. The maximum atomic E-state index is 15.3. The molecular formula is C34H41FOS. The van der Waals surface area contributed by atoms with Gasteiger partial charge in [-0.1, -0.05) is 120 Å². The maximum Gasteiger partial charge on any atom is 0.198 e. The van der Waals surface area contributed by atoms with Crippen LogP contribution < -0.4 is 0 Å². The third kappa shape index (κ3) is 7.08. The molecule has 0 amide bonds. The second-order valence-electron chi connectivity index (χ2n) is 10.4. The van der Waals surface area contributed by atoms with Crippen LogP contribution in [0, 0.1) is 10.5 Å². The fourth-order valence-corrected chi connectivity index (χ4v) is 5.52. The maximum absolute atomic E-state index is 15.3. The van der Waals surface area contributed by atoms with E-state index < -0.39 is 0 Å². The van der Waals surface area contributed by atoms with Crippen molar-refractivity contribution in [3.8, 4) is 11.1 Å². The standard InChI is InChI=1S/C34H41FOS/c1-3-5-7-9-10-11-12-14-25-16-18-26(19-17-25)28-21-22-29-30-23-20-27(15-13-8-6-4-2)32(35)33(30)36-34(37)31(29)24-28/h16-24H,3-15H2,1-2H3. The van der Waals surface area contributed by atoms with Gasteiger partial charge in [0.05, 0.1) is 0 Å². The first-order valence-corrected chi connectivity index (χ1v) is 14.8. The molecule has 0 saturated carbocycles. The molecule has 0 radical (unpaired) electrons. The first-order chi connectivity index (χ1) is 18.1. The minimum atomic E-state index is -0.261. The van der Waals surface area contributed by atoms with Gasteiger partial charge in [-0.05, 0) is 71.6 Å². The fourth-order valence-electron chi connectivity index (χ4n) is 5.27. The molecule has 0 saturated heterocycles. The van der Waals surface area contributed by atoms with Crippen molar-refractivity contribution in [1.82, 2.24) is 0 Å². The molecule has 0 spiro atoms. The molecule has 196 valence electrons. The number of hydrogen-bond donors (Lipinski definition) is 0. The number of aryl methyl sites for hydroxylation is 2. The van der Waals surface area contributed by atoms with Crippen LogP contribution in [0.1, 0.15) is 95.6 Å². The Bertz CT molecular complexity index is 1350. The lowest BCUT2D eigenvalue weighted by Gasteiger charge is -2.10. The van der Waals surface area contributed by atoms with E-state index in [-0.39, 0.29) is 11.4 Å². The number of hydrogen-bond acceptors (Lipinski definition) is 2. The summed E-state index contributed by atoms with van der Waals surface area (Å²) in [6, 6.07) is 19.0. The van der Waals surface area contributed by atoms with E-state index in [1.165, 1.54) is 63.4 Å². The van der Waals surface area contributed by atoms with Crippen molar-refractivity contribution in [3.05, 3.63) is 76.2 Å². The molecule has 4 aromatic rings. The van der Waals surface area contributed by atoms with Crippen molar-refractivity contribution in [3.63, 3.8) is 0 Å². The molecule has 1 aromatic heterocycles. The van der Waals surface area contributed by atoms with Gasteiger partial charge in [-0.3, -0.25) is 0 Å². The van der Waals surface area contributed by atoms with Crippen LogP contribution in [0.5, 0.6) is 0 Å². The summed E-state index contributed by atoms with van der Waals surface area (Å²) in [5.74, 6) is -0.261. The smallest absolute Gasteiger partial charge is 0.198 e. The molecule has 0 unspecified atom stereocenters. The van der Waals surface area contributed by atoms with E-state index in [9.17, 15) is 0 Å². The monoisotopic (exact) mass is 516 g/mol. The first kappa shape index (κ1) is 27.5. The predicted molar refractivity (Wildman–Crippen MR) is 159 cm³/mol. The van der Waals surface area contributed by atoms with Gasteiger partial charge in [0.15, 0.2) is 16.1 Å². The Morgan fingerprint density at radius 2 is 1.22 bits per heavy atom. The fraction of sp³-hybridized carbons (Fsp3) is 0.441. The molecule has 3 heteroatoms. The number of rotatable bonds is 14. The van der Waals surface area contributed by atoms with Gasteiger partial charge in [0.25, 0.3) is 0 Å². The van der Waals surface area contributed by atoms with E-state index in [4.69, 9.17) is 16.6 Å². The molecule has 0 N–H and O–H groups in total. The molecule has 0 aliphatic carbocycles. The Hall–Kier alpha value is -2.52. The lowest BCUT2D eigenvalue weighted by molar-refractivity contribution is 0.535. The summed E-state index contributed by atoms with van der Waals surface area (Å²) in [6.07, 6.45) is 15.7. The second kappa shape index (κ2) is 13.9. The summed E-state index contributed by atoms with van der Waals surface area (Å²) in [5.41, 5.74) is 4.66. The molecule has 1 heterocycles. The zero-order valence-corrected chi connectivity index (χ0v) is 23.4. The lowest BCUT2D eigenvalue weighted by atomic mass is 9.97. The van der Waals surface area contributed by atoms with E-state index in [2.05, 4.69) is 56.3 Å². The van der Waals surface area contributed by atoms with E-state index in [1.807, 2.05) is 12.1 Å². The summed E-state index contributed by atoms with van der Waals surface area (Å²) in [4.78, 5) is 0. The first-order valence-electron chi connectivity index (χ1n) is 14.4. The summed E-state index contributed by atoms with van der Waals surface area (Å²) in [6.45, 7) is 4.45. The normalized spacial score (nSPS) is 11.5. The van der Waals surface area contributed by atoms with Gasteiger partial charge in [0.2, 0.25) is 0 Å². The van der Waals surface area contributed by atoms with Gasteiger partial charge < -0.3 is 4.42 Å². The molecule has 0 aliphatic rings. The Morgan fingerprint density at radius 1 is 0.622 bits per heavy atom. The van der Waals surface area contributed by atoms with Crippen molar-refractivity contribution in [2.45, 2.75) is 97.3 Å². The highest BCUT2D eigenvalue weighted by Crippen LogP contribution is 2.33. The van der Waals surface area contributed by atoms with E-state index in [1.54, 1.807) is 0 Å². The topological polar surface area (TPSA) is 13.1 Å². The third-order valence-corrected chi connectivity index (χ3v) is 7.86. The van der Waals surface area contributed by atoms with Gasteiger partial charge in [-0.25, -0.2) is 4.39 Å². The minimum Gasteiger partial charge on any atom is -0.441 e. The van der Waals surface area contributed by atoms with Crippen molar-refractivity contribution < 1.29 is 8.81 Å². The number of halogens is 1. The zero-order chi connectivity index (χ0) is 26.0. The average Bonchev–Trinajstić information content (AvgIpc) is 2.92. The Morgan fingerprint density at radius 3 is 1.95 bits per heavy atom. The molecule has 0 aliphatic heterocycles. The second-order valence-corrected chi connectivity index (χ2v) is 10.8. The quantitative estimate of drug-likeness (QED) is 0.0939. The Labute approximate surface area is 227 Å². The van der Waals surface area contributed by atoms with Crippen LogP contribution in [-0.4, -0.2) is 0 Å². The molecule has 0 atom stereocenters. The van der Waals surface area contributed by atoms with E-state index >= 15 is 4.39 Å². The highest BCUT2D eigenvalue weighted by atomic mass is 32.1. The molecule has 37 heavy (non-hydrogen) atoms. The van der Waals surface area contributed by atoms with Crippen LogP contribution in [0.4, 0.5) is 4.39 Å². The highest BCUT2D eigenvalue weighted by molar-refractivity contribution is 7.71. The van der Waals surface area contributed by atoms with Crippen molar-refractivity contribution in [1.29, 1.82) is 0 Å². The van der Waals surface area contributed by atoms with Gasteiger partial charge in [-0.2, -0.15) is 0 Å². The zero-order valence-electron chi connectivity index (χ0n) is 22.6. The summed E-state index contributed by atoms with van der Waals surface area (Å²) < 4.78 is 21.6. The third-order valence-electron chi connectivity index (χ3n) is 7.56. The molecular weight excluding hydrogens is 475 g/mol. The van der Waals surface area contributed by atoms with Crippen molar-refractivity contribution in [2.75, 3.05) is 0 Å². The number of fused-ring (bicyclic) bond motifs is 3. The SMILES string of the molecule is CCCCCCCCCc1ccc(-c2ccc3c(c2)c(=S)oc2c(F)c(CCCCCC)ccc23)cc1.